The Kier molecular flexibility index (Phi) is 4.47. The lowest BCUT2D eigenvalue weighted by molar-refractivity contribution is -0.143. The molecule has 1 fully saturated rings. The molecule has 0 aromatic carbocycles. The Bertz CT molecular complexity index is 656. The molecule has 1 aromatic heterocycles. The Balaban J connectivity index is 1.99. The van der Waals surface area contributed by atoms with Crippen LogP contribution in [0, 0.1) is 0 Å². The third-order valence-corrected chi connectivity index (χ3v) is 4.19. The standard InChI is InChI=1S/C11H14F3N3O4S/c1-7-4-9(10(18)21-7)16-22(19,20)5-8-2-3-17(15-8)6-11(12,13)14/h2-3,7,9,16H,4-6H2,1H3. The van der Waals surface area contributed by atoms with Crippen LogP contribution in [0.1, 0.15) is 19.0 Å². The number of carbonyl (C=O) groups excluding carboxylic acids is 1. The van der Waals surface area contributed by atoms with Crippen molar-refractivity contribution in [2.45, 2.75) is 44.0 Å². The Morgan fingerprint density at radius 1 is 1.50 bits per heavy atom. The minimum atomic E-state index is -4.44. The quantitative estimate of drug-likeness (QED) is 0.791. The van der Waals surface area contributed by atoms with Crippen LogP contribution in [-0.4, -0.2) is 42.5 Å². The Hall–Kier alpha value is -1.62. The fraction of sp³-hybridized carbons (Fsp3) is 0.636. The number of esters is 1. The first-order chi connectivity index (χ1) is 10.0. The summed E-state index contributed by atoms with van der Waals surface area (Å²) in [5, 5.41) is 3.55. The predicted octanol–water partition coefficient (Wildman–Crippen LogP) is 0.569. The fourth-order valence-corrected chi connectivity index (χ4v) is 3.31. The molecule has 0 saturated carbocycles. The van der Waals surface area contributed by atoms with Crippen LogP contribution < -0.4 is 4.72 Å². The molecule has 124 valence electrons. The van der Waals surface area contributed by atoms with Crippen molar-refractivity contribution in [3.05, 3.63) is 18.0 Å². The normalized spacial score (nSPS) is 22.8. The van der Waals surface area contributed by atoms with Gasteiger partial charge in [-0.1, -0.05) is 0 Å². The van der Waals surface area contributed by atoms with Crippen LogP contribution in [-0.2, 0) is 31.9 Å². The smallest absolute Gasteiger partial charge is 0.408 e. The van der Waals surface area contributed by atoms with Crippen molar-refractivity contribution in [3.8, 4) is 0 Å². The second-order valence-corrected chi connectivity index (χ2v) is 6.79. The number of nitrogens with zero attached hydrogens (tertiary/aromatic N) is 2. The molecule has 1 saturated heterocycles. The van der Waals surface area contributed by atoms with E-state index in [0.29, 0.717) is 4.68 Å². The van der Waals surface area contributed by atoms with E-state index in [-0.39, 0.29) is 18.2 Å². The minimum Gasteiger partial charge on any atom is -0.461 e. The van der Waals surface area contributed by atoms with Gasteiger partial charge >= 0.3 is 12.1 Å². The maximum atomic E-state index is 12.2. The lowest BCUT2D eigenvalue weighted by Crippen LogP contribution is -2.38. The number of alkyl halides is 3. The van der Waals surface area contributed by atoms with Crippen LogP contribution in [0.3, 0.4) is 0 Å². The fourth-order valence-electron chi connectivity index (χ4n) is 2.06. The predicted molar refractivity (Wildman–Crippen MR) is 68.0 cm³/mol. The van der Waals surface area contributed by atoms with Gasteiger partial charge in [-0.15, -0.1) is 0 Å². The molecule has 1 aliphatic rings. The Morgan fingerprint density at radius 3 is 2.73 bits per heavy atom. The minimum absolute atomic E-state index is 0.0452. The van der Waals surface area contributed by atoms with Crippen LogP contribution in [0.25, 0.3) is 0 Å². The van der Waals surface area contributed by atoms with Gasteiger partial charge in [-0.25, -0.2) is 13.1 Å². The van der Waals surface area contributed by atoms with E-state index in [1.807, 2.05) is 0 Å². The number of ether oxygens (including phenoxy) is 1. The molecule has 22 heavy (non-hydrogen) atoms. The van der Waals surface area contributed by atoms with Gasteiger partial charge < -0.3 is 4.74 Å². The largest absolute Gasteiger partial charge is 0.461 e. The van der Waals surface area contributed by atoms with E-state index in [0.717, 1.165) is 6.20 Å². The second-order valence-electron chi connectivity index (χ2n) is 5.03. The molecule has 0 spiro atoms. The van der Waals surface area contributed by atoms with Gasteiger partial charge in [-0.05, 0) is 13.0 Å². The number of hydrogen-bond donors (Lipinski definition) is 1. The van der Waals surface area contributed by atoms with Gasteiger partial charge in [0.1, 0.15) is 24.4 Å². The van der Waals surface area contributed by atoms with Crippen molar-refractivity contribution < 1.29 is 31.1 Å². The zero-order chi connectivity index (χ0) is 16.5. The Morgan fingerprint density at radius 2 is 2.18 bits per heavy atom. The highest BCUT2D eigenvalue weighted by Gasteiger charge is 2.35. The summed E-state index contributed by atoms with van der Waals surface area (Å²) in [7, 11) is -3.91. The van der Waals surface area contributed by atoms with Gasteiger partial charge in [-0.3, -0.25) is 9.48 Å². The molecule has 0 amide bonds. The molecule has 7 nitrogen and oxygen atoms in total. The number of hydrogen-bond acceptors (Lipinski definition) is 5. The molecular formula is C11H14F3N3O4S. The van der Waals surface area contributed by atoms with Gasteiger partial charge in [0.2, 0.25) is 10.0 Å². The molecule has 2 unspecified atom stereocenters. The molecule has 2 heterocycles. The third kappa shape index (κ3) is 4.70. The molecule has 2 atom stereocenters. The van der Waals surface area contributed by atoms with E-state index in [1.165, 1.54) is 6.07 Å². The van der Waals surface area contributed by atoms with E-state index in [2.05, 4.69) is 9.82 Å². The van der Waals surface area contributed by atoms with Crippen molar-refractivity contribution in [2.75, 3.05) is 0 Å². The van der Waals surface area contributed by atoms with E-state index in [1.54, 1.807) is 6.92 Å². The summed E-state index contributed by atoms with van der Waals surface area (Å²) in [6.45, 7) is 0.331. The summed E-state index contributed by atoms with van der Waals surface area (Å²) in [6, 6.07) is 0.206. The summed E-state index contributed by atoms with van der Waals surface area (Å²) >= 11 is 0. The summed E-state index contributed by atoms with van der Waals surface area (Å²) < 4.78 is 68.0. The van der Waals surface area contributed by atoms with Gasteiger partial charge in [0.15, 0.2) is 0 Å². The molecule has 1 aliphatic heterocycles. The zero-order valence-electron chi connectivity index (χ0n) is 11.5. The first-order valence-corrected chi connectivity index (χ1v) is 7.99. The molecule has 2 rings (SSSR count). The summed E-state index contributed by atoms with van der Waals surface area (Å²) in [5.74, 6) is -1.28. The first-order valence-electron chi connectivity index (χ1n) is 6.34. The van der Waals surface area contributed by atoms with Gasteiger partial charge in [0.05, 0.1) is 5.69 Å². The number of nitrogens with one attached hydrogen (secondary N) is 1. The number of halogens is 3. The van der Waals surface area contributed by atoms with E-state index < -0.39 is 40.5 Å². The highest BCUT2D eigenvalue weighted by Crippen LogP contribution is 2.18. The SMILES string of the molecule is CC1CC(NS(=O)(=O)Cc2ccn(CC(F)(F)F)n2)C(=O)O1. The topological polar surface area (TPSA) is 90.3 Å². The zero-order valence-corrected chi connectivity index (χ0v) is 12.3. The summed E-state index contributed by atoms with van der Waals surface area (Å²) in [4.78, 5) is 11.4. The van der Waals surface area contributed by atoms with Crippen LogP contribution in [0.2, 0.25) is 0 Å². The van der Waals surface area contributed by atoms with E-state index >= 15 is 0 Å². The third-order valence-electron chi connectivity index (χ3n) is 2.87. The number of sulfonamides is 1. The van der Waals surface area contributed by atoms with Crippen molar-refractivity contribution in [2.24, 2.45) is 0 Å². The summed E-state index contributed by atoms with van der Waals surface area (Å²) in [5.41, 5.74) is -0.0452. The second kappa shape index (κ2) is 5.88. The van der Waals surface area contributed by atoms with Gasteiger partial charge in [0, 0.05) is 12.6 Å². The van der Waals surface area contributed by atoms with Crippen LogP contribution in [0.5, 0.6) is 0 Å². The average Bonchev–Trinajstić information content (AvgIpc) is 2.83. The van der Waals surface area contributed by atoms with Crippen LogP contribution in [0.4, 0.5) is 13.2 Å². The van der Waals surface area contributed by atoms with Crippen molar-refractivity contribution in [1.82, 2.24) is 14.5 Å². The highest BCUT2D eigenvalue weighted by molar-refractivity contribution is 7.88. The number of carbonyl (C=O) groups is 1. The number of aromatic nitrogens is 2. The van der Waals surface area contributed by atoms with E-state index in [9.17, 15) is 26.4 Å². The maximum Gasteiger partial charge on any atom is 0.408 e. The number of cyclic esters (lactones) is 1. The van der Waals surface area contributed by atoms with Crippen molar-refractivity contribution in [1.29, 1.82) is 0 Å². The lowest BCUT2D eigenvalue weighted by atomic mass is 10.2. The van der Waals surface area contributed by atoms with E-state index in [4.69, 9.17) is 4.74 Å². The highest BCUT2D eigenvalue weighted by atomic mass is 32.2. The molecular weight excluding hydrogens is 327 g/mol. The van der Waals surface area contributed by atoms with Gasteiger partial charge in [0.25, 0.3) is 0 Å². The number of rotatable bonds is 5. The molecule has 0 radical (unpaired) electrons. The molecule has 11 heteroatoms. The van der Waals surface area contributed by atoms with Crippen LogP contribution in [0.15, 0.2) is 12.3 Å². The average molecular weight is 341 g/mol. The molecule has 0 bridgehead atoms. The summed E-state index contributed by atoms with van der Waals surface area (Å²) in [6.07, 6.45) is -3.57. The van der Waals surface area contributed by atoms with Crippen LogP contribution >= 0.6 is 0 Å². The van der Waals surface area contributed by atoms with Crippen molar-refractivity contribution in [3.63, 3.8) is 0 Å². The monoisotopic (exact) mass is 341 g/mol. The first kappa shape index (κ1) is 16.7. The molecule has 1 N–H and O–H groups in total. The van der Waals surface area contributed by atoms with Gasteiger partial charge in [-0.2, -0.15) is 18.3 Å². The Labute approximate surface area is 124 Å². The maximum absolute atomic E-state index is 12.2. The molecule has 0 aliphatic carbocycles. The molecule has 1 aromatic rings. The van der Waals surface area contributed by atoms with Crippen molar-refractivity contribution >= 4 is 16.0 Å². The lowest BCUT2D eigenvalue weighted by Gasteiger charge is -2.09.